The van der Waals surface area contributed by atoms with Crippen molar-refractivity contribution in [1.82, 2.24) is 10.4 Å². The summed E-state index contributed by atoms with van der Waals surface area (Å²) in [5, 5.41) is 4.98. The highest BCUT2D eigenvalue weighted by atomic mass is 79.9. The molecule has 1 amide bonds. The molecule has 0 atom stereocenters. The van der Waals surface area contributed by atoms with E-state index in [0.29, 0.717) is 26.0 Å². The summed E-state index contributed by atoms with van der Waals surface area (Å²) in [4.78, 5) is 29.0. The van der Waals surface area contributed by atoms with Crippen molar-refractivity contribution in [3.8, 4) is 22.6 Å². The maximum atomic E-state index is 13.3. The Labute approximate surface area is 233 Å². The van der Waals surface area contributed by atoms with Crippen LogP contribution in [0.15, 0.2) is 97.5 Å². The van der Waals surface area contributed by atoms with E-state index in [-0.39, 0.29) is 11.5 Å². The molecule has 0 saturated heterocycles. The lowest BCUT2D eigenvalue weighted by Gasteiger charge is -2.09. The number of carbonyl (C=O) groups excluding carboxylic acids is 2. The third kappa shape index (κ3) is 5.27. The average Bonchev–Trinajstić information content (AvgIpc) is 3.59. The first-order valence-electron chi connectivity index (χ1n) is 11.3. The van der Waals surface area contributed by atoms with Crippen molar-refractivity contribution >= 4 is 60.9 Å². The van der Waals surface area contributed by atoms with Gasteiger partial charge in [-0.05, 0) is 64.0 Å². The fourth-order valence-corrected chi connectivity index (χ4v) is 5.25. The minimum atomic E-state index is -0.669. The van der Waals surface area contributed by atoms with Crippen molar-refractivity contribution in [2.75, 3.05) is 7.11 Å². The maximum absolute atomic E-state index is 13.3. The van der Waals surface area contributed by atoms with Gasteiger partial charge >= 0.3 is 5.97 Å². The number of hydrogen-bond acceptors (Lipinski definition) is 6. The molecule has 8 nitrogen and oxygen atoms in total. The molecule has 5 aromatic rings. The van der Waals surface area contributed by atoms with Crippen LogP contribution in [0.1, 0.15) is 26.6 Å². The van der Waals surface area contributed by atoms with Gasteiger partial charge in [-0.1, -0.05) is 46.3 Å². The number of hydrogen-bond donors (Lipinski definition) is 2. The van der Waals surface area contributed by atoms with E-state index in [1.54, 1.807) is 25.3 Å². The summed E-state index contributed by atoms with van der Waals surface area (Å²) >= 11 is 6.84. The first-order chi connectivity index (χ1) is 18.4. The SMILES string of the molecule is COc1ccc2[nH]c(C(=O)NN=Cc3cc(Br)cc(Br)c3OC(=O)c3ccco3)c(-c3ccccc3)c2c1. The van der Waals surface area contributed by atoms with E-state index in [0.717, 1.165) is 22.0 Å². The van der Waals surface area contributed by atoms with Crippen LogP contribution in [0.4, 0.5) is 0 Å². The second-order valence-electron chi connectivity index (χ2n) is 8.02. The number of hydrazone groups is 1. The fourth-order valence-electron chi connectivity index (χ4n) is 3.91. The van der Waals surface area contributed by atoms with Gasteiger partial charge in [0.1, 0.15) is 11.4 Å². The quantitative estimate of drug-likeness (QED) is 0.0871. The first kappa shape index (κ1) is 25.5. The minimum Gasteiger partial charge on any atom is -0.497 e. The van der Waals surface area contributed by atoms with Crippen molar-refractivity contribution in [3.63, 3.8) is 0 Å². The highest BCUT2D eigenvalue weighted by Gasteiger charge is 2.20. The predicted octanol–water partition coefficient (Wildman–Crippen LogP) is 6.94. The molecule has 0 radical (unpaired) electrons. The molecule has 10 heteroatoms. The number of ether oxygens (including phenoxy) is 2. The monoisotopic (exact) mass is 635 g/mol. The molecule has 190 valence electrons. The van der Waals surface area contributed by atoms with Crippen LogP contribution in [0.25, 0.3) is 22.0 Å². The van der Waals surface area contributed by atoms with E-state index in [1.807, 2.05) is 48.5 Å². The summed E-state index contributed by atoms with van der Waals surface area (Å²) in [6.45, 7) is 0. The normalized spacial score (nSPS) is 11.1. The lowest BCUT2D eigenvalue weighted by Crippen LogP contribution is -2.19. The second kappa shape index (κ2) is 11.1. The molecule has 0 aliphatic rings. The van der Waals surface area contributed by atoms with Crippen molar-refractivity contribution < 1.29 is 23.5 Å². The Morgan fingerprint density at radius 2 is 1.84 bits per heavy atom. The van der Waals surface area contributed by atoms with E-state index >= 15 is 0 Å². The Morgan fingerprint density at radius 3 is 2.58 bits per heavy atom. The summed E-state index contributed by atoms with van der Waals surface area (Å²) < 4.78 is 17.3. The van der Waals surface area contributed by atoms with E-state index in [1.165, 1.54) is 18.5 Å². The van der Waals surface area contributed by atoms with Crippen LogP contribution >= 0.6 is 31.9 Å². The number of carbonyl (C=O) groups is 2. The molecule has 2 heterocycles. The van der Waals surface area contributed by atoms with E-state index in [2.05, 4.69) is 47.4 Å². The Bertz CT molecular complexity index is 1660. The van der Waals surface area contributed by atoms with Gasteiger partial charge in [0.05, 0.1) is 24.1 Å². The number of aromatic amines is 1. The smallest absolute Gasteiger partial charge is 0.379 e. The minimum absolute atomic E-state index is 0.0555. The zero-order valence-corrected chi connectivity index (χ0v) is 23.0. The maximum Gasteiger partial charge on any atom is 0.379 e. The number of benzene rings is 3. The molecule has 0 spiro atoms. The number of nitrogens with one attached hydrogen (secondary N) is 2. The number of aromatic nitrogens is 1. The van der Waals surface area contributed by atoms with Crippen LogP contribution < -0.4 is 14.9 Å². The highest BCUT2D eigenvalue weighted by molar-refractivity contribution is 9.11. The predicted molar refractivity (Wildman–Crippen MR) is 151 cm³/mol. The van der Waals surface area contributed by atoms with Gasteiger partial charge in [0.25, 0.3) is 5.91 Å². The lowest BCUT2D eigenvalue weighted by molar-refractivity contribution is 0.0699. The molecule has 2 N–H and O–H groups in total. The number of fused-ring (bicyclic) bond motifs is 1. The summed E-state index contributed by atoms with van der Waals surface area (Å²) in [5.74, 6) is -0.165. The molecular weight excluding hydrogens is 618 g/mol. The van der Waals surface area contributed by atoms with Gasteiger partial charge in [-0.15, -0.1) is 0 Å². The summed E-state index contributed by atoms with van der Waals surface area (Å²) in [7, 11) is 1.60. The zero-order chi connectivity index (χ0) is 26.6. The van der Waals surface area contributed by atoms with Crippen molar-refractivity contribution in [3.05, 3.63) is 105 Å². The molecule has 3 aromatic carbocycles. The van der Waals surface area contributed by atoms with Crippen LogP contribution in [0.3, 0.4) is 0 Å². The molecular formula is C28H19Br2N3O5. The molecule has 38 heavy (non-hydrogen) atoms. The van der Waals surface area contributed by atoms with Gasteiger partial charge in [0.2, 0.25) is 5.76 Å². The first-order valence-corrected chi connectivity index (χ1v) is 12.9. The summed E-state index contributed by atoms with van der Waals surface area (Å²) in [6.07, 6.45) is 2.78. The average molecular weight is 637 g/mol. The largest absolute Gasteiger partial charge is 0.497 e. The van der Waals surface area contributed by atoms with E-state index in [9.17, 15) is 9.59 Å². The third-order valence-corrected chi connectivity index (χ3v) is 6.67. The molecule has 5 rings (SSSR count). The number of amides is 1. The number of halogens is 2. The van der Waals surface area contributed by atoms with Crippen molar-refractivity contribution in [1.29, 1.82) is 0 Å². The van der Waals surface area contributed by atoms with Gasteiger partial charge in [-0.2, -0.15) is 5.10 Å². The topological polar surface area (TPSA) is 106 Å². The van der Waals surface area contributed by atoms with Gasteiger partial charge < -0.3 is 18.9 Å². The molecule has 0 unspecified atom stereocenters. The van der Waals surface area contributed by atoms with Crippen LogP contribution in [0.2, 0.25) is 0 Å². The van der Waals surface area contributed by atoms with Crippen LogP contribution in [-0.2, 0) is 0 Å². The van der Waals surface area contributed by atoms with E-state index in [4.69, 9.17) is 13.9 Å². The van der Waals surface area contributed by atoms with Gasteiger partial charge in [0.15, 0.2) is 5.75 Å². The fraction of sp³-hybridized carbons (Fsp3) is 0.0357. The number of methoxy groups -OCH3 is 1. The number of esters is 1. The van der Waals surface area contributed by atoms with Crippen LogP contribution in [0.5, 0.6) is 11.5 Å². The zero-order valence-electron chi connectivity index (χ0n) is 19.8. The van der Waals surface area contributed by atoms with Gasteiger partial charge in [-0.3, -0.25) is 4.79 Å². The van der Waals surface area contributed by atoms with Gasteiger partial charge in [0, 0.05) is 26.5 Å². The molecule has 0 saturated carbocycles. The van der Waals surface area contributed by atoms with Crippen molar-refractivity contribution in [2.45, 2.75) is 0 Å². The highest BCUT2D eigenvalue weighted by Crippen LogP contribution is 2.35. The molecule has 0 aliphatic carbocycles. The number of H-pyrrole nitrogens is 1. The molecule has 0 aliphatic heterocycles. The van der Waals surface area contributed by atoms with Crippen molar-refractivity contribution in [2.24, 2.45) is 5.10 Å². The lowest BCUT2D eigenvalue weighted by atomic mass is 10.0. The molecule has 2 aromatic heterocycles. The standard InChI is InChI=1S/C28H19Br2N3O5/c1-36-19-9-10-22-20(14-19)24(16-6-3-2-4-7-16)25(32-22)27(34)33-31-15-17-12-18(29)13-21(30)26(17)38-28(35)23-8-5-11-37-23/h2-15,32H,1H3,(H,33,34). The Balaban J connectivity index is 1.45. The molecule has 0 bridgehead atoms. The van der Waals surface area contributed by atoms with Crippen LogP contribution in [-0.4, -0.2) is 30.2 Å². The Morgan fingerprint density at radius 1 is 1.03 bits per heavy atom. The van der Waals surface area contributed by atoms with Crippen LogP contribution in [0, 0.1) is 0 Å². The third-order valence-electron chi connectivity index (χ3n) is 5.62. The summed E-state index contributed by atoms with van der Waals surface area (Å²) in [6, 6.07) is 21.7. The summed E-state index contributed by atoms with van der Waals surface area (Å²) in [5.41, 5.74) is 5.73. The van der Waals surface area contributed by atoms with Gasteiger partial charge in [-0.25, -0.2) is 10.2 Å². The number of rotatable bonds is 7. The Hall–Kier alpha value is -4.15. The molecule has 0 fully saturated rings. The van der Waals surface area contributed by atoms with E-state index < -0.39 is 11.9 Å². The second-order valence-corrected chi connectivity index (χ2v) is 9.79. The Kier molecular flexibility index (Phi) is 7.43. The number of furan rings is 1. The number of nitrogens with zero attached hydrogens (tertiary/aromatic N) is 1.